The zero-order valence-corrected chi connectivity index (χ0v) is 13.4. The van der Waals surface area contributed by atoms with E-state index in [0.717, 1.165) is 27.8 Å². The second-order valence-electron chi connectivity index (χ2n) is 5.09. The molecule has 1 atom stereocenters. The number of aromatic nitrogens is 2. The quantitative estimate of drug-likeness (QED) is 0.826. The van der Waals surface area contributed by atoms with Crippen molar-refractivity contribution >= 4 is 23.4 Å². The van der Waals surface area contributed by atoms with Gasteiger partial charge in [0.15, 0.2) is 0 Å². The lowest BCUT2D eigenvalue weighted by atomic mass is 10.2. The first-order valence-electron chi connectivity index (χ1n) is 6.73. The molecule has 108 valence electrons. The normalized spacial score (nSPS) is 12.8. The fourth-order valence-electron chi connectivity index (χ4n) is 1.86. The maximum absolute atomic E-state index is 6.18. The van der Waals surface area contributed by atoms with Gasteiger partial charge in [-0.25, -0.2) is 0 Å². The van der Waals surface area contributed by atoms with Crippen LogP contribution in [0.15, 0.2) is 41.4 Å². The summed E-state index contributed by atoms with van der Waals surface area (Å²) >= 11 is 7.82. The third-order valence-electron chi connectivity index (χ3n) is 2.95. The van der Waals surface area contributed by atoms with Crippen LogP contribution in [0.4, 0.5) is 0 Å². The standard InChI is InChI=1S/C15H20ClN3S/c1-11(2)19-8-7-13(18-19)9-12(17)10-20-15-6-4-3-5-14(15)16/h3-8,11-12H,9-10,17H2,1-2H3. The van der Waals surface area contributed by atoms with Gasteiger partial charge in [0.05, 0.1) is 10.7 Å². The van der Waals surface area contributed by atoms with Gasteiger partial charge in [-0.05, 0) is 32.0 Å². The van der Waals surface area contributed by atoms with Crippen LogP contribution < -0.4 is 5.73 Å². The van der Waals surface area contributed by atoms with Crippen LogP contribution >= 0.6 is 23.4 Å². The molecule has 5 heteroatoms. The lowest BCUT2D eigenvalue weighted by molar-refractivity contribution is 0.523. The van der Waals surface area contributed by atoms with Gasteiger partial charge in [0.2, 0.25) is 0 Å². The molecule has 3 nitrogen and oxygen atoms in total. The molecule has 2 aromatic rings. The Bertz CT molecular complexity index is 554. The number of nitrogens with two attached hydrogens (primary N) is 1. The lowest BCUT2D eigenvalue weighted by Gasteiger charge is -2.10. The molecule has 2 N–H and O–H groups in total. The monoisotopic (exact) mass is 309 g/mol. The van der Waals surface area contributed by atoms with Gasteiger partial charge >= 0.3 is 0 Å². The maximum Gasteiger partial charge on any atom is 0.0640 e. The van der Waals surface area contributed by atoms with Gasteiger partial charge in [0, 0.05) is 35.3 Å². The van der Waals surface area contributed by atoms with Crippen LogP contribution in [0.25, 0.3) is 0 Å². The predicted molar refractivity (Wildman–Crippen MR) is 86.5 cm³/mol. The van der Waals surface area contributed by atoms with Crippen molar-refractivity contribution in [2.75, 3.05) is 5.75 Å². The number of halogens is 1. The third-order valence-corrected chi connectivity index (χ3v) is 4.66. The van der Waals surface area contributed by atoms with E-state index in [1.807, 2.05) is 41.2 Å². The number of hydrogen-bond donors (Lipinski definition) is 1. The lowest BCUT2D eigenvalue weighted by Crippen LogP contribution is -2.25. The van der Waals surface area contributed by atoms with Crippen LogP contribution in [0.2, 0.25) is 5.02 Å². The van der Waals surface area contributed by atoms with Gasteiger partial charge in [-0.2, -0.15) is 5.10 Å². The van der Waals surface area contributed by atoms with Crippen LogP contribution in [-0.4, -0.2) is 21.6 Å². The minimum Gasteiger partial charge on any atom is -0.327 e. The van der Waals surface area contributed by atoms with E-state index in [-0.39, 0.29) is 6.04 Å². The van der Waals surface area contributed by atoms with Crippen molar-refractivity contribution in [3.05, 3.63) is 47.2 Å². The van der Waals surface area contributed by atoms with Crippen molar-refractivity contribution in [2.24, 2.45) is 5.73 Å². The van der Waals surface area contributed by atoms with Crippen molar-refractivity contribution in [3.8, 4) is 0 Å². The van der Waals surface area contributed by atoms with Crippen molar-refractivity contribution in [1.82, 2.24) is 9.78 Å². The number of thioether (sulfide) groups is 1. The van der Waals surface area contributed by atoms with E-state index in [0.29, 0.717) is 6.04 Å². The van der Waals surface area contributed by atoms with E-state index in [1.165, 1.54) is 0 Å². The molecule has 0 amide bonds. The summed E-state index contributed by atoms with van der Waals surface area (Å²) in [5, 5.41) is 5.31. The molecule has 1 aromatic heterocycles. The highest BCUT2D eigenvalue weighted by Crippen LogP contribution is 2.27. The van der Waals surface area contributed by atoms with Gasteiger partial charge in [-0.3, -0.25) is 4.68 Å². The minimum absolute atomic E-state index is 0.0757. The Kier molecular flexibility index (Phi) is 5.52. The van der Waals surface area contributed by atoms with Gasteiger partial charge in [0.1, 0.15) is 0 Å². The highest BCUT2D eigenvalue weighted by molar-refractivity contribution is 7.99. The molecule has 0 saturated heterocycles. The Morgan fingerprint density at radius 1 is 1.30 bits per heavy atom. The number of rotatable bonds is 6. The molecule has 0 aliphatic rings. The molecular formula is C15H20ClN3S. The average Bonchev–Trinajstić information content (AvgIpc) is 2.86. The summed E-state index contributed by atoms with van der Waals surface area (Å²) in [5.41, 5.74) is 7.22. The Labute approximate surface area is 129 Å². The number of nitrogens with zero attached hydrogens (tertiary/aromatic N) is 2. The first-order valence-corrected chi connectivity index (χ1v) is 8.09. The van der Waals surface area contributed by atoms with E-state index in [4.69, 9.17) is 17.3 Å². The highest BCUT2D eigenvalue weighted by Gasteiger charge is 2.09. The molecule has 0 spiro atoms. The maximum atomic E-state index is 6.18. The van der Waals surface area contributed by atoms with Gasteiger partial charge in [0.25, 0.3) is 0 Å². The summed E-state index contributed by atoms with van der Waals surface area (Å²) in [6, 6.07) is 10.4. The Morgan fingerprint density at radius 2 is 2.05 bits per heavy atom. The van der Waals surface area contributed by atoms with Crippen molar-refractivity contribution in [1.29, 1.82) is 0 Å². The summed E-state index contributed by atoms with van der Waals surface area (Å²) in [4.78, 5) is 1.08. The number of benzene rings is 1. The second-order valence-corrected chi connectivity index (χ2v) is 6.56. The molecule has 1 aromatic carbocycles. The molecule has 0 radical (unpaired) electrons. The van der Waals surface area contributed by atoms with E-state index in [9.17, 15) is 0 Å². The Balaban J connectivity index is 1.86. The fraction of sp³-hybridized carbons (Fsp3) is 0.400. The summed E-state index contributed by atoms with van der Waals surface area (Å²) < 4.78 is 1.96. The third kappa shape index (κ3) is 4.27. The summed E-state index contributed by atoms with van der Waals surface area (Å²) in [7, 11) is 0. The van der Waals surface area contributed by atoms with Crippen molar-refractivity contribution in [3.63, 3.8) is 0 Å². The Hall–Kier alpha value is -0.970. The molecule has 1 heterocycles. The molecule has 2 rings (SSSR count). The highest BCUT2D eigenvalue weighted by atomic mass is 35.5. The largest absolute Gasteiger partial charge is 0.327 e. The molecule has 0 saturated carbocycles. The first-order chi connectivity index (χ1) is 9.56. The molecule has 0 fully saturated rings. The fourth-order valence-corrected chi connectivity index (χ4v) is 3.05. The van der Waals surface area contributed by atoms with Crippen molar-refractivity contribution < 1.29 is 0 Å². The second kappa shape index (κ2) is 7.16. The average molecular weight is 310 g/mol. The van der Waals surface area contributed by atoms with E-state index in [2.05, 4.69) is 18.9 Å². The van der Waals surface area contributed by atoms with E-state index < -0.39 is 0 Å². The van der Waals surface area contributed by atoms with Crippen LogP contribution in [0.5, 0.6) is 0 Å². The topological polar surface area (TPSA) is 43.8 Å². The molecule has 0 aliphatic heterocycles. The smallest absolute Gasteiger partial charge is 0.0640 e. The molecular weight excluding hydrogens is 290 g/mol. The van der Waals surface area contributed by atoms with E-state index in [1.54, 1.807) is 11.8 Å². The van der Waals surface area contributed by atoms with Crippen LogP contribution in [-0.2, 0) is 6.42 Å². The minimum atomic E-state index is 0.0757. The summed E-state index contributed by atoms with van der Waals surface area (Å²) in [6.07, 6.45) is 2.80. The first kappa shape index (κ1) is 15.4. The van der Waals surface area contributed by atoms with Gasteiger partial charge < -0.3 is 5.73 Å². The summed E-state index contributed by atoms with van der Waals surface area (Å²) in [5.74, 6) is 0.832. The predicted octanol–water partition coefficient (Wildman–Crippen LogP) is 3.78. The van der Waals surface area contributed by atoms with Crippen LogP contribution in [0, 0.1) is 0 Å². The SMILES string of the molecule is CC(C)n1ccc(CC(N)CSc2ccccc2Cl)n1. The van der Waals surface area contributed by atoms with Crippen LogP contribution in [0.1, 0.15) is 25.6 Å². The molecule has 0 bridgehead atoms. The Morgan fingerprint density at radius 3 is 2.70 bits per heavy atom. The zero-order chi connectivity index (χ0) is 14.5. The van der Waals surface area contributed by atoms with Gasteiger partial charge in [-0.1, -0.05) is 23.7 Å². The summed E-state index contributed by atoms with van der Waals surface area (Å²) in [6.45, 7) is 4.23. The van der Waals surface area contributed by atoms with E-state index >= 15 is 0 Å². The molecule has 0 aliphatic carbocycles. The van der Waals surface area contributed by atoms with Gasteiger partial charge in [-0.15, -0.1) is 11.8 Å². The molecule has 1 unspecified atom stereocenters. The van der Waals surface area contributed by atoms with Crippen molar-refractivity contribution in [2.45, 2.75) is 37.2 Å². The van der Waals surface area contributed by atoms with Crippen LogP contribution in [0.3, 0.4) is 0 Å². The number of hydrogen-bond acceptors (Lipinski definition) is 3. The zero-order valence-electron chi connectivity index (χ0n) is 11.8. The molecule has 20 heavy (non-hydrogen) atoms.